The van der Waals surface area contributed by atoms with Crippen molar-refractivity contribution in [1.82, 2.24) is 0 Å². The van der Waals surface area contributed by atoms with E-state index in [9.17, 15) is 0 Å². The predicted octanol–water partition coefficient (Wildman–Crippen LogP) is 3.81. The van der Waals surface area contributed by atoms with Gasteiger partial charge in [0.25, 0.3) is 0 Å². The van der Waals surface area contributed by atoms with Crippen molar-refractivity contribution in [2.24, 2.45) is 11.5 Å². The summed E-state index contributed by atoms with van der Waals surface area (Å²) >= 11 is 0. The van der Waals surface area contributed by atoms with Gasteiger partial charge in [0.15, 0.2) is 12.2 Å². The van der Waals surface area contributed by atoms with Gasteiger partial charge in [-0.1, -0.05) is 60.7 Å². The van der Waals surface area contributed by atoms with Crippen LogP contribution in [0.4, 0.5) is 0 Å². The van der Waals surface area contributed by atoms with Gasteiger partial charge in [0.1, 0.15) is 28.9 Å². The maximum Gasteiger partial charge on any atom is 0.180 e. The van der Waals surface area contributed by atoms with Crippen LogP contribution in [0.15, 0.2) is 78.9 Å². The Labute approximate surface area is 175 Å². The van der Waals surface area contributed by atoms with Gasteiger partial charge in [0, 0.05) is 18.2 Å². The Balaban J connectivity index is 1.91. The average molecular weight is 404 g/mol. The van der Waals surface area contributed by atoms with Crippen LogP contribution >= 0.6 is 0 Å². The van der Waals surface area contributed by atoms with Gasteiger partial charge >= 0.3 is 0 Å². The topological polar surface area (TPSA) is 127 Å². The second kappa shape index (κ2) is 9.47. The number of amidine groups is 2. The van der Waals surface area contributed by atoms with Gasteiger partial charge in [-0.3, -0.25) is 10.8 Å². The number of nitrogens with two attached hydrogens (primary N) is 2. The van der Waals surface area contributed by atoms with Crippen LogP contribution in [-0.4, -0.2) is 18.8 Å². The summed E-state index contributed by atoms with van der Waals surface area (Å²) in [7, 11) is 1.53. The summed E-state index contributed by atoms with van der Waals surface area (Å²) in [6, 6.07) is 23.5. The highest BCUT2D eigenvalue weighted by atomic mass is 16.5. The minimum absolute atomic E-state index is 0.127. The molecule has 0 radical (unpaired) electrons. The quantitative estimate of drug-likeness (QED) is 0.318. The summed E-state index contributed by atoms with van der Waals surface area (Å²) in [6.45, 7) is 0. The molecule has 0 aliphatic heterocycles. The first kappa shape index (κ1) is 20.7. The van der Waals surface area contributed by atoms with E-state index in [0.717, 1.165) is 11.1 Å². The number of hydrogen-bond acceptors (Lipinski definition) is 5. The van der Waals surface area contributed by atoms with Crippen molar-refractivity contribution in [2.75, 3.05) is 7.11 Å². The molecular formula is C23H24N4O3. The van der Waals surface area contributed by atoms with Crippen LogP contribution in [-0.2, 0) is 0 Å². The van der Waals surface area contributed by atoms with E-state index < -0.39 is 12.2 Å². The van der Waals surface area contributed by atoms with Crippen molar-refractivity contribution in [2.45, 2.75) is 12.2 Å². The van der Waals surface area contributed by atoms with Gasteiger partial charge < -0.3 is 25.7 Å². The van der Waals surface area contributed by atoms with Crippen LogP contribution < -0.4 is 25.7 Å². The Morgan fingerprint density at radius 3 is 1.37 bits per heavy atom. The summed E-state index contributed by atoms with van der Waals surface area (Å²) in [5, 5.41) is 15.8. The largest absolute Gasteiger partial charge is 0.496 e. The molecule has 7 nitrogen and oxygen atoms in total. The fourth-order valence-electron chi connectivity index (χ4n) is 2.95. The Hall–Kier alpha value is -4.00. The molecule has 2 atom stereocenters. The van der Waals surface area contributed by atoms with E-state index in [1.807, 2.05) is 60.7 Å². The maximum absolute atomic E-state index is 7.92. The van der Waals surface area contributed by atoms with Gasteiger partial charge in [0.2, 0.25) is 0 Å². The smallest absolute Gasteiger partial charge is 0.180 e. The van der Waals surface area contributed by atoms with E-state index in [1.54, 1.807) is 18.2 Å². The molecule has 0 heterocycles. The first-order valence-electron chi connectivity index (χ1n) is 9.28. The summed E-state index contributed by atoms with van der Waals surface area (Å²) < 4.78 is 17.4. The van der Waals surface area contributed by atoms with Gasteiger partial charge in [0.05, 0.1) is 7.11 Å². The summed E-state index contributed by atoms with van der Waals surface area (Å²) in [4.78, 5) is 0. The molecule has 3 rings (SSSR count). The third-order valence-electron chi connectivity index (χ3n) is 4.37. The van der Waals surface area contributed by atoms with Crippen LogP contribution in [0.5, 0.6) is 17.2 Å². The predicted molar refractivity (Wildman–Crippen MR) is 116 cm³/mol. The fraction of sp³-hybridized carbons (Fsp3) is 0.130. The molecule has 2 unspecified atom stereocenters. The molecule has 7 heteroatoms. The molecule has 0 amide bonds. The first-order valence-corrected chi connectivity index (χ1v) is 9.28. The molecule has 30 heavy (non-hydrogen) atoms. The Bertz CT molecular complexity index is 932. The molecule has 3 aromatic carbocycles. The lowest BCUT2D eigenvalue weighted by molar-refractivity contribution is 0.253. The molecule has 0 saturated carbocycles. The Morgan fingerprint density at radius 2 is 1.03 bits per heavy atom. The van der Waals surface area contributed by atoms with Crippen molar-refractivity contribution in [1.29, 1.82) is 10.8 Å². The highest BCUT2D eigenvalue weighted by Gasteiger charge is 2.20. The van der Waals surface area contributed by atoms with Crippen molar-refractivity contribution in [3.05, 3.63) is 90.0 Å². The zero-order valence-corrected chi connectivity index (χ0v) is 16.5. The van der Waals surface area contributed by atoms with Crippen molar-refractivity contribution in [3.8, 4) is 17.2 Å². The molecule has 0 fully saturated rings. The molecule has 0 bridgehead atoms. The average Bonchev–Trinajstić information content (AvgIpc) is 2.76. The molecule has 0 aliphatic rings. The van der Waals surface area contributed by atoms with Crippen LogP contribution in [0.2, 0.25) is 0 Å². The maximum atomic E-state index is 7.92. The molecule has 154 valence electrons. The summed E-state index contributed by atoms with van der Waals surface area (Å²) in [5.41, 5.74) is 13.0. The molecule has 3 aromatic rings. The summed E-state index contributed by atoms with van der Waals surface area (Å²) in [6.07, 6.45) is -1.52. The number of rotatable bonds is 9. The van der Waals surface area contributed by atoms with Gasteiger partial charge in [-0.15, -0.1) is 0 Å². The number of benzene rings is 3. The van der Waals surface area contributed by atoms with Crippen molar-refractivity contribution in [3.63, 3.8) is 0 Å². The lowest BCUT2D eigenvalue weighted by Crippen LogP contribution is -2.26. The standard InChI is InChI=1S/C23H24N4O3/c1-28-17-12-18(29-20(22(24)25)15-8-4-2-5-9-15)14-19(13-17)30-21(23(26)27)16-10-6-3-7-11-16/h2-14,20-21H,1H3,(H3,24,25)(H3,26,27). The lowest BCUT2D eigenvalue weighted by atomic mass is 10.1. The third kappa shape index (κ3) is 5.08. The highest BCUT2D eigenvalue weighted by molar-refractivity contribution is 5.84. The van der Waals surface area contributed by atoms with Crippen LogP contribution in [0.3, 0.4) is 0 Å². The minimum Gasteiger partial charge on any atom is -0.496 e. The van der Waals surface area contributed by atoms with E-state index in [4.69, 9.17) is 36.5 Å². The second-order valence-corrected chi connectivity index (χ2v) is 6.57. The van der Waals surface area contributed by atoms with Gasteiger partial charge in [-0.25, -0.2) is 0 Å². The van der Waals surface area contributed by atoms with Crippen molar-refractivity contribution < 1.29 is 14.2 Å². The second-order valence-electron chi connectivity index (χ2n) is 6.57. The monoisotopic (exact) mass is 404 g/mol. The molecule has 0 aliphatic carbocycles. The van der Waals surface area contributed by atoms with Gasteiger partial charge in [-0.05, 0) is 11.1 Å². The number of methoxy groups -OCH3 is 1. The number of hydrogen-bond donors (Lipinski definition) is 4. The summed E-state index contributed by atoms with van der Waals surface area (Å²) in [5.74, 6) is 1.05. The Kier molecular flexibility index (Phi) is 6.54. The molecular weight excluding hydrogens is 380 g/mol. The minimum atomic E-state index is -0.760. The Morgan fingerprint density at radius 1 is 0.667 bits per heavy atom. The van der Waals surface area contributed by atoms with Crippen LogP contribution in [0, 0.1) is 10.8 Å². The lowest BCUT2D eigenvalue weighted by Gasteiger charge is -2.21. The zero-order chi connectivity index (χ0) is 21.5. The van der Waals surface area contributed by atoms with E-state index >= 15 is 0 Å². The SMILES string of the molecule is COc1cc(OC(C(=N)N)c2ccccc2)cc(OC(C(=N)N)c2ccccc2)c1. The van der Waals surface area contributed by atoms with Crippen molar-refractivity contribution >= 4 is 11.7 Å². The van der Waals surface area contributed by atoms with E-state index in [2.05, 4.69) is 0 Å². The van der Waals surface area contributed by atoms with Gasteiger partial charge in [-0.2, -0.15) is 0 Å². The van der Waals surface area contributed by atoms with E-state index in [-0.39, 0.29) is 11.7 Å². The van der Waals surface area contributed by atoms with Crippen LogP contribution in [0.25, 0.3) is 0 Å². The van der Waals surface area contributed by atoms with E-state index in [0.29, 0.717) is 17.2 Å². The first-order chi connectivity index (χ1) is 14.5. The highest BCUT2D eigenvalue weighted by Crippen LogP contribution is 2.33. The molecule has 0 spiro atoms. The van der Waals surface area contributed by atoms with E-state index in [1.165, 1.54) is 7.11 Å². The molecule has 6 N–H and O–H groups in total. The molecule has 0 aromatic heterocycles. The normalized spacial score (nSPS) is 12.4. The number of ether oxygens (including phenoxy) is 3. The zero-order valence-electron chi connectivity index (χ0n) is 16.5. The van der Waals surface area contributed by atoms with Crippen LogP contribution in [0.1, 0.15) is 23.3 Å². The third-order valence-corrected chi connectivity index (χ3v) is 4.37. The number of nitrogens with one attached hydrogen (secondary N) is 2. The molecule has 0 saturated heterocycles. The fourth-order valence-corrected chi connectivity index (χ4v) is 2.95.